The molecular weight excluding hydrogens is 409 g/mol. The van der Waals surface area contributed by atoms with Crippen LogP contribution in [-0.2, 0) is 12.8 Å². The van der Waals surface area contributed by atoms with Gasteiger partial charge >= 0.3 is 6.18 Å². The monoisotopic (exact) mass is 426 g/mol. The van der Waals surface area contributed by atoms with Crippen LogP contribution in [0.2, 0.25) is 0 Å². The number of alkyl halides is 3. The fourth-order valence-corrected chi connectivity index (χ4v) is 3.16. The summed E-state index contributed by atoms with van der Waals surface area (Å²) in [6, 6.07) is 16.9. The normalized spacial score (nSPS) is 11.5. The van der Waals surface area contributed by atoms with Gasteiger partial charge in [0.25, 0.3) is 5.56 Å². The highest BCUT2D eigenvalue weighted by atomic mass is 19.4. The smallest absolute Gasteiger partial charge is 0.416 e. The van der Waals surface area contributed by atoms with Crippen LogP contribution in [0, 0.1) is 0 Å². The van der Waals surface area contributed by atoms with E-state index in [1.54, 1.807) is 48.5 Å². The number of aromatic amines is 1. The second kappa shape index (κ2) is 8.14. The number of hydrogen-bond donors (Lipinski definition) is 1. The Morgan fingerprint density at radius 2 is 1.77 bits per heavy atom. The van der Waals surface area contributed by atoms with Crippen LogP contribution < -0.4 is 15.0 Å². The lowest BCUT2D eigenvalue weighted by molar-refractivity contribution is -0.137. The van der Waals surface area contributed by atoms with E-state index in [2.05, 4.69) is 9.97 Å². The van der Waals surface area contributed by atoms with Crippen LogP contribution in [-0.4, -0.2) is 17.1 Å². The highest BCUT2D eigenvalue weighted by molar-refractivity contribution is 5.79. The van der Waals surface area contributed by atoms with E-state index in [1.165, 1.54) is 13.2 Å². The Balaban J connectivity index is 1.60. The number of nitrogens with one attached hydrogen (secondary N) is 1. The quantitative estimate of drug-likeness (QED) is 0.477. The maximum absolute atomic E-state index is 12.9. The van der Waals surface area contributed by atoms with Gasteiger partial charge in [-0.3, -0.25) is 4.79 Å². The van der Waals surface area contributed by atoms with Gasteiger partial charge in [-0.15, -0.1) is 0 Å². The number of methoxy groups -OCH3 is 1. The fraction of sp³-hybridized carbons (Fsp3) is 0.130. The third kappa shape index (κ3) is 4.37. The number of aromatic nitrogens is 2. The number of para-hydroxylation sites is 1. The molecule has 0 bridgehead atoms. The molecule has 31 heavy (non-hydrogen) atoms. The number of H-pyrrole nitrogens is 1. The molecule has 5 nitrogen and oxygen atoms in total. The van der Waals surface area contributed by atoms with Crippen molar-refractivity contribution in [1.29, 1.82) is 0 Å². The number of halogens is 3. The van der Waals surface area contributed by atoms with Crippen LogP contribution in [0.5, 0.6) is 11.5 Å². The molecule has 0 aliphatic rings. The molecule has 0 amide bonds. The fourth-order valence-electron chi connectivity index (χ4n) is 3.16. The molecule has 0 unspecified atom stereocenters. The van der Waals surface area contributed by atoms with Gasteiger partial charge in [-0.05, 0) is 48.0 Å². The average Bonchev–Trinajstić information content (AvgIpc) is 2.77. The molecular formula is C23H17F3N2O3. The second-order valence-corrected chi connectivity index (χ2v) is 6.78. The van der Waals surface area contributed by atoms with Crippen molar-refractivity contribution in [1.82, 2.24) is 9.97 Å². The molecule has 1 N–H and O–H groups in total. The number of ether oxygens (including phenoxy) is 2. The second-order valence-electron chi connectivity index (χ2n) is 6.78. The standard InChI is InChI=1S/C23H17F3N2O3/c1-30-20-12-15(21-27-18-8-3-2-7-17(18)22(29)28-21)9-10-19(20)31-13-14-5-4-6-16(11-14)23(24,25)26/h2-12H,13H2,1H3,(H,27,28,29). The van der Waals surface area contributed by atoms with Crippen molar-refractivity contribution in [3.05, 3.63) is 88.2 Å². The van der Waals surface area contributed by atoms with Gasteiger partial charge in [0.15, 0.2) is 11.5 Å². The summed E-state index contributed by atoms with van der Waals surface area (Å²) in [5.74, 6) is 1.08. The molecule has 0 saturated carbocycles. The van der Waals surface area contributed by atoms with Crippen molar-refractivity contribution in [3.63, 3.8) is 0 Å². The highest BCUT2D eigenvalue weighted by Crippen LogP contribution is 2.33. The Morgan fingerprint density at radius 3 is 2.55 bits per heavy atom. The van der Waals surface area contributed by atoms with Gasteiger partial charge in [0.2, 0.25) is 0 Å². The number of benzene rings is 3. The van der Waals surface area contributed by atoms with Gasteiger partial charge in [-0.25, -0.2) is 4.98 Å². The Hall–Kier alpha value is -3.81. The third-order valence-electron chi connectivity index (χ3n) is 4.70. The molecule has 8 heteroatoms. The number of fused-ring (bicyclic) bond motifs is 1. The zero-order valence-electron chi connectivity index (χ0n) is 16.4. The van der Waals surface area contributed by atoms with E-state index in [4.69, 9.17) is 9.47 Å². The minimum absolute atomic E-state index is 0.0648. The number of hydrogen-bond acceptors (Lipinski definition) is 4. The van der Waals surface area contributed by atoms with Crippen molar-refractivity contribution < 1.29 is 22.6 Å². The summed E-state index contributed by atoms with van der Waals surface area (Å²) in [7, 11) is 1.45. The van der Waals surface area contributed by atoms with Gasteiger partial charge in [-0.2, -0.15) is 13.2 Å². The van der Waals surface area contributed by atoms with Gasteiger partial charge < -0.3 is 14.5 Å². The number of nitrogens with zero attached hydrogens (tertiary/aromatic N) is 1. The van der Waals surface area contributed by atoms with E-state index >= 15 is 0 Å². The van der Waals surface area contributed by atoms with Gasteiger partial charge in [0, 0.05) is 5.56 Å². The number of rotatable bonds is 5. The van der Waals surface area contributed by atoms with Crippen LogP contribution in [0.4, 0.5) is 13.2 Å². The molecule has 0 saturated heterocycles. The topological polar surface area (TPSA) is 64.2 Å². The molecule has 1 heterocycles. The van der Waals surface area contributed by atoms with E-state index in [0.717, 1.165) is 12.1 Å². The first-order valence-electron chi connectivity index (χ1n) is 9.31. The van der Waals surface area contributed by atoms with E-state index in [0.29, 0.717) is 39.4 Å². The molecule has 3 aromatic carbocycles. The summed E-state index contributed by atoms with van der Waals surface area (Å²) in [6.07, 6.45) is -4.42. The zero-order chi connectivity index (χ0) is 22.0. The van der Waals surface area contributed by atoms with Crippen molar-refractivity contribution >= 4 is 10.9 Å². The summed E-state index contributed by atoms with van der Waals surface area (Å²) >= 11 is 0. The van der Waals surface area contributed by atoms with Crippen molar-refractivity contribution in [2.24, 2.45) is 0 Å². The van der Waals surface area contributed by atoms with Crippen molar-refractivity contribution in [2.45, 2.75) is 12.8 Å². The molecule has 1 aromatic heterocycles. The van der Waals surface area contributed by atoms with E-state index in [-0.39, 0.29) is 12.2 Å². The predicted molar refractivity (Wildman–Crippen MR) is 110 cm³/mol. The Kier molecular flexibility index (Phi) is 5.37. The van der Waals surface area contributed by atoms with E-state index < -0.39 is 11.7 Å². The minimum Gasteiger partial charge on any atom is -0.493 e. The molecule has 0 aliphatic carbocycles. The molecule has 4 aromatic rings. The highest BCUT2D eigenvalue weighted by Gasteiger charge is 2.30. The summed E-state index contributed by atoms with van der Waals surface area (Å²) in [5, 5.41) is 0.485. The first-order chi connectivity index (χ1) is 14.8. The predicted octanol–water partition coefficient (Wildman–Crippen LogP) is 5.20. The first-order valence-corrected chi connectivity index (χ1v) is 9.31. The van der Waals surface area contributed by atoms with Crippen LogP contribution in [0.15, 0.2) is 71.5 Å². The van der Waals surface area contributed by atoms with E-state index in [9.17, 15) is 18.0 Å². The van der Waals surface area contributed by atoms with Gasteiger partial charge in [-0.1, -0.05) is 24.3 Å². The maximum atomic E-state index is 12.9. The largest absolute Gasteiger partial charge is 0.493 e. The van der Waals surface area contributed by atoms with Gasteiger partial charge in [0.1, 0.15) is 12.4 Å². The first kappa shape index (κ1) is 20.5. The molecule has 158 valence electrons. The SMILES string of the molecule is COc1cc(-c2nc3ccccc3c(=O)[nH]2)ccc1OCc1cccc(C(F)(F)F)c1. The summed E-state index contributed by atoms with van der Waals surface area (Å²) in [6.45, 7) is -0.0648. The third-order valence-corrected chi connectivity index (χ3v) is 4.70. The lowest BCUT2D eigenvalue weighted by atomic mass is 10.1. The van der Waals surface area contributed by atoms with E-state index in [1.807, 2.05) is 0 Å². The lowest BCUT2D eigenvalue weighted by Gasteiger charge is -2.13. The van der Waals surface area contributed by atoms with Crippen molar-refractivity contribution in [3.8, 4) is 22.9 Å². The Morgan fingerprint density at radius 1 is 0.968 bits per heavy atom. The van der Waals surface area contributed by atoms with Crippen LogP contribution in [0.3, 0.4) is 0 Å². The summed E-state index contributed by atoms with van der Waals surface area (Å²) in [4.78, 5) is 19.5. The van der Waals surface area contributed by atoms with Crippen molar-refractivity contribution in [2.75, 3.05) is 7.11 Å². The lowest BCUT2D eigenvalue weighted by Crippen LogP contribution is -2.09. The molecule has 0 atom stereocenters. The Bertz CT molecular complexity index is 1300. The molecule has 0 spiro atoms. The Labute approximate surface area is 175 Å². The minimum atomic E-state index is -4.42. The van der Waals surface area contributed by atoms with Crippen LogP contribution >= 0.6 is 0 Å². The average molecular weight is 426 g/mol. The summed E-state index contributed by atoms with van der Waals surface area (Å²) < 4.78 is 49.7. The van der Waals surface area contributed by atoms with Gasteiger partial charge in [0.05, 0.1) is 23.6 Å². The zero-order valence-corrected chi connectivity index (χ0v) is 16.4. The molecule has 0 radical (unpaired) electrons. The summed E-state index contributed by atoms with van der Waals surface area (Å²) in [5.41, 5.74) is 0.546. The molecule has 0 fully saturated rings. The maximum Gasteiger partial charge on any atom is 0.416 e. The van der Waals surface area contributed by atoms with Crippen LogP contribution in [0.1, 0.15) is 11.1 Å². The molecule has 0 aliphatic heterocycles. The molecule has 4 rings (SSSR count). The van der Waals surface area contributed by atoms with Crippen LogP contribution in [0.25, 0.3) is 22.3 Å².